The molecule has 1 saturated heterocycles. The molecular formula is C14H26N4. The predicted octanol–water partition coefficient (Wildman–Crippen LogP) is 1.61. The van der Waals surface area contributed by atoms with Crippen LogP contribution in [0.15, 0.2) is 0 Å². The van der Waals surface area contributed by atoms with Gasteiger partial charge in [-0.3, -0.25) is 4.68 Å². The summed E-state index contributed by atoms with van der Waals surface area (Å²) in [4.78, 5) is 2.53. The van der Waals surface area contributed by atoms with Crippen LogP contribution >= 0.6 is 0 Å². The van der Waals surface area contributed by atoms with E-state index < -0.39 is 0 Å². The molecule has 1 atom stereocenters. The lowest BCUT2D eigenvalue weighted by Gasteiger charge is -2.32. The van der Waals surface area contributed by atoms with Gasteiger partial charge in [-0.25, -0.2) is 0 Å². The van der Waals surface area contributed by atoms with E-state index in [0.717, 1.165) is 12.2 Å². The molecule has 2 rings (SSSR count). The third kappa shape index (κ3) is 2.93. The highest BCUT2D eigenvalue weighted by atomic mass is 15.3. The van der Waals surface area contributed by atoms with E-state index in [-0.39, 0.29) is 0 Å². The standard InChI is InChI=1S/C14H26N4/c1-5-18-8-6-7-13(10-18)15-9-14-11(2)16-17(4)12(14)3/h13,15H,5-10H2,1-4H3. The number of hydrogen-bond donors (Lipinski definition) is 1. The van der Waals surface area contributed by atoms with E-state index in [0.29, 0.717) is 6.04 Å². The maximum absolute atomic E-state index is 4.47. The maximum atomic E-state index is 4.47. The number of rotatable bonds is 4. The van der Waals surface area contributed by atoms with E-state index in [4.69, 9.17) is 0 Å². The molecule has 2 heterocycles. The Morgan fingerprint density at radius 2 is 2.17 bits per heavy atom. The van der Waals surface area contributed by atoms with Crippen molar-refractivity contribution in [3.63, 3.8) is 0 Å². The Bertz CT molecular complexity index is 397. The van der Waals surface area contributed by atoms with Crippen LogP contribution in [0.4, 0.5) is 0 Å². The lowest BCUT2D eigenvalue weighted by Crippen LogP contribution is -2.45. The van der Waals surface area contributed by atoms with Gasteiger partial charge in [-0.05, 0) is 39.8 Å². The Kier molecular flexibility index (Phi) is 4.40. The average molecular weight is 250 g/mol. The van der Waals surface area contributed by atoms with Crippen LogP contribution in [0.3, 0.4) is 0 Å². The SMILES string of the molecule is CCN1CCCC(NCc2c(C)nn(C)c2C)C1. The summed E-state index contributed by atoms with van der Waals surface area (Å²) in [7, 11) is 2.02. The second-order valence-corrected chi connectivity index (χ2v) is 5.39. The molecule has 1 aromatic heterocycles. The molecule has 1 unspecified atom stereocenters. The molecule has 0 amide bonds. The number of likely N-dealkylation sites (N-methyl/N-ethyl adjacent to an activating group) is 1. The van der Waals surface area contributed by atoms with E-state index in [1.165, 1.54) is 43.7 Å². The highest BCUT2D eigenvalue weighted by Gasteiger charge is 2.19. The lowest BCUT2D eigenvalue weighted by atomic mass is 10.1. The Morgan fingerprint density at radius 1 is 1.39 bits per heavy atom. The topological polar surface area (TPSA) is 33.1 Å². The molecule has 1 fully saturated rings. The van der Waals surface area contributed by atoms with Crippen LogP contribution in [0, 0.1) is 13.8 Å². The molecule has 4 nitrogen and oxygen atoms in total. The summed E-state index contributed by atoms with van der Waals surface area (Å²) >= 11 is 0. The third-order valence-corrected chi connectivity index (χ3v) is 4.18. The molecule has 0 bridgehead atoms. The summed E-state index contributed by atoms with van der Waals surface area (Å²) in [6.45, 7) is 11.1. The van der Waals surface area contributed by atoms with Crippen molar-refractivity contribution in [3.8, 4) is 0 Å². The normalized spacial score (nSPS) is 21.4. The van der Waals surface area contributed by atoms with Gasteiger partial charge in [0.2, 0.25) is 0 Å². The molecule has 0 aliphatic carbocycles. The number of hydrogen-bond acceptors (Lipinski definition) is 3. The van der Waals surface area contributed by atoms with E-state index in [1.807, 2.05) is 11.7 Å². The fourth-order valence-electron chi connectivity index (χ4n) is 2.83. The van der Waals surface area contributed by atoms with Gasteiger partial charge in [0.15, 0.2) is 0 Å². The van der Waals surface area contributed by atoms with Crippen molar-refractivity contribution in [2.24, 2.45) is 7.05 Å². The van der Waals surface area contributed by atoms with Gasteiger partial charge in [-0.15, -0.1) is 0 Å². The first kappa shape index (κ1) is 13.6. The Labute approximate surface area is 110 Å². The predicted molar refractivity (Wildman–Crippen MR) is 74.7 cm³/mol. The molecule has 1 aliphatic rings. The van der Waals surface area contributed by atoms with Crippen LogP contribution < -0.4 is 5.32 Å². The molecule has 1 N–H and O–H groups in total. The van der Waals surface area contributed by atoms with Crippen molar-refractivity contribution in [1.82, 2.24) is 20.0 Å². The van der Waals surface area contributed by atoms with Crippen LogP contribution in [0.1, 0.15) is 36.7 Å². The molecule has 1 aliphatic heterocycles. The first-order valence-electron chi connectivity index (χ1n) is 7.06. The van der Waals surface area contributed by atoms with Gasteiger partial charge in [0.05, 0.1) is 5.69 Å². The summed E-state index contributed by atoms with van der Waals surface area (Å²) in [6, 6.07) is 0.637. The number of nitrogens with one attached hydrogen (secondary N) is 1. The summed E-state index contributed by atoms with van der Waals surface area (Å²) in [6.07, 6.45) is 2.62. The van der Waals surface area contributed by atoms with Crippen LogP contribution in [0.5, 0.6) is 0 Å². The van der Waals surface area contributed by atoms with Crippen molar-refractivity contribution >= 4 is 0 Å². The highest BCUT2D eigenvalue weighted by molar-refractivity contribution is 5.24. The minimum absolute atomic E-state index is 0.637. The van der Waals surface area contributed by atoms with Crippen molar-refractivity contribution in [2.45, 2.75) is 46.2 Å². The van der Waals surface area contributed by atoms with E-state index in [9.17, 15) is 0 Å². The van der Waals surface area contributed by atoms with Gasteiger partial charge in [-0.2, -0.15) is 5.10 Å². The minimum atomic E-state index is 0.637. The Morgan fingerprint density at radius 3 is 2.78 bits per heavy atom. The molecular weight excluding hydrogens is 224 g/mol. The Balaban J connectivity index is 1.91. The second kappa shape index (κ2) is 5.85. The molecule has 18 heavy (non-hydrogen) atoms. The monoisotopic (exact) mass is 250 g/mol. The molecule has 102 valence electrons. The number of piperidine rings is 1. The smallest absolute Gasteiger partial charge is 0.0641 e. The first-order valence-corrected chi connectivity index (χ1v) is 7.06. The summed E-state index contributed by atoms with van der Waals surface area (Å²) in [5.41, 5.74) is 3.81. The van der Waals surface area contributed by atoms with Crippen molar-refractivity contribution in [3.05, 3.63) is 17.0 Å². The second-order valence-electron chi connectivity index (χ2n) is 5.39. The van der Waals surface area contributed by atoms with E-state index >= 15 is 0 Å². The zero-order chi connectivity index (χ0) is 13.1. The van der Waals surface area contributed by atoms with Gasteiger partial charge in [0.1, 0.15) is 0 Å². The molecule has 0 saturated carbocycles. The van der Waals surface area contributed by atoms with Crippen molar-refractivity contribution < 1.29 is 0 Å². The maximum Gasteiger partial charge on any atom is 0.0641 e. The van der Waals surface area contributed by atoms with E-state index in [2.05, 4.69) is 36.1 Å². The quantitative estimate of drug-likeness (QED) is 0.881. The van der Waals surface area contributed by atoms with Gasteiger partial charge >= 0.3 is 0 Å². The molecule has 1 aromatic rings. The van der Waals surface area contributed by atoms with Gasteiger partial charge in [0.25, 0.3) is 0 Å². The van der Waals surface area contributed by atoms with Crippen molar-refractivity contribution in [2.75, 3.05) is 19.6 Å². The summed E-state index contributed by atoms with van der Waals surface area (Å²) in [5.74, 6) is 0. The first-order chi connectivity index (χ1) is 8.61. The zero-order valence-electron chi connectivity index (χ0n) is 12.2. The number of nitrogens with zero attached hydrogens (tertiary/aromatic N) is 3. The number of aromatic nitrogens is 2. The average Bonchev–Trinajstić information content (AvgIpc) is 2.61. The van der Waals surface area contributed by atoms with Gasteiger partial charge in [-0.1, -0.05) is 6.92 Å². The van der Waals surface area contributed by atoms with Gasteiger partial charge < -0.3 is 10.2 Å². The zero-order valence-corrected chi connectivity index (χ0v) is 12.2. The lowest BCUT2D eigenvalue weighted by molar-refractivity contribution is 0.198. The minimum Gasteiger partial charge on any atom is -0.309 e. The largest absolute Gasteiger partial charge is 0.309 e. The molecule has 0 radical (unpaired) electrons. The molecule has 0 aromatic carbocycles. The molecule has 0 spiro atoms. The molecule has 4 heteroatoms. The van der Waals surface area contributed by atoms with Crippen molar-refractivity contribution in [1.29, 1.82) is 0 Å². The fraction of sp³-hybridized carbons (Fsp3) is 0.786. The van der Waals surface area contributed by atoms with Crippen LogP contribution in [0.2, 0.25) is 0 Å². The third-order valence-electron chi connectivity index (χ3n) is 4.18. The van der Waals surface area contributed by atoms with Gasteiger partial charge in [0, 0.05) is 37.4 Å². The van der Waals surface area contributed by atoms with E-state index in [1.54, 1.807) is 0 Å². The fourth-order valence-corrected chi connectivity index (χ4v) is 2.83. The highest BCUT2D eigenvalue weighted by Crippen LogP contribution is 2.14. The number of aryl methyl sites for hydroxylation is 2. The van der Waals surface area contributed by atoms with Crippen LogP contribution in [0.25, 0.3) is 0 Å². The van der Waals surface area contributed by atoms with Crippen LogP contribution in [-0.2, 0) is 13.6 Å². The summed E-state index contributed by atoms with van der Waals surface area (Å²) in [5, 5.41) is 8.17. The number of likely N-dealkylation sites (tertiary alicyclic amines) is 1. The Hall–Kier alpha value is -0.870. The summed E-state index contributed by atoms with van der Waals surface area (Å²) < 4.78 is 1.98. The van der Waals surface area contributed by atoms with Crippen LogP contribution in [-0.4, -0.2) is 40.4 Å².